The summed E-state index contributed by atoms with van der Waals surface area (Å²) in [6.07, 6.45) is 3.41. The molecule has 0 spiro atoms. The van der Waals surface area contributed by atoms with Crippen molar-refractivity contribution in [2.75, 3.05) is 0 Å². The van der Waals surface area contributed by atoms with Crippen molar-refractivity contribution in [2.24, 2.45) is 0 Å². The van der Waals surface area contributed by atoms with E-state index in [2.05, 4.69) is 5.32 Å². The summed E-state index contributed by atoms with van der Waals surface area (Å²) in [6, 6.07) is 9.66. The van der Waals surface area contributed by atoms with Crippen molar-refractivity contribution >= 4 is 51.9 Å². The molecule has 17 heavy (non-hydrogen) atoms. The lowest BCUT2D eigenvalue weighted by Crippen LogP contribution is -2.17. The molecule has 0 atom stereocenters. The Morgan fingerprint density at radius 2 is 2.06 bits per heavy atom. The number of benzene rings is 1. The molecule has 2 nitrogen and oxygen atoms in total. The lowest BCUT2D eigenvalue weighted by atomic mass is 10.2. The Kier molecular flexibility index (Phi) is 3.99. The van der Waals surface area contributed by atoms with E-state index in [4.69, 9.17) is 23.8 Å². The van der Waals surface area contributed by atoms with Crippen molar-refractivity contribution in [3.05, 3.63) is 51.9 Å². The van der Waals surface area contributed by atoms with Crippen LogP contribution >= 0.6 is 35.6 Å². The fourth-order valence-electron chi connectivity index (χ4n) is 1.30. The van der Waals surface area contributed by atoms with Gasteiger partial charge in [-0.15, -0.1) is 0 Å². The van der Waals surface area contributed by atoms with Gasteiger partial charge in [-0.3, -0.25) is 4.79 Å². The van der Waals surface area contributed by atoms with Crippen LogP contribution in [0.3, 0.4) is 0 Å². The predicted octanol–water partition coefficient (Wildman–Crippen LogP) is 3.30. The number of thiocarbonyl (C=S) groups is 1. The molecule has 0 radical (unpaired) electrons. The van der Waals surface area contributed by atoms with Crippen LogP contribution in [0.25, 0.3) is 6.08 Å². The Hall–Kier alpha value is -1.10. The highest BCUT2D eigenvalue weighted by atomic mass is 35.5. The van der Waals surface area contributed by atoms with Crippen LogP contribution in [-0.2, 0) is 4.79 Å². The third-order valence-electron chi connectivity index (χ3n) is 2.02. The third-order valence-corrected chi connectivity index (χ3v) is 3.40. The lowest BCUT2D eigenvalue weighted by molar-refractivity contribution is -0.115. The summed E-state index contributed by atoms with van der Waals surface area (Å²) in [6.45, 7) is 0. The van der Waals surface area contributed by atoms with Crippen molar-refractivity contribution in [2.45, 2.75) is 0 Å². The molecular weight excluding hydrogens is 274 g/mol. The van der Waals surface area contributed by atoms with Crippen molar-refractivity contribution < 1.29 is 4.79 Å². The monoisotopic (exact) mass is 281 g/mol. The Bertz CT molecular complexity index is 523. The van der Waals surface area contributed by atoms with E-state index in [1.807, 2.05) is 30.3 Å². The molecule has 0 aliphatic carbocycles. The number of allylic oxidation sites excluding steroid dienone is 2. The van der Waals surface area contributed by atoms with Gasteiger partial charge >= 0.3 is 0 Å². The highest BCUT2D eigenvalue weighted by Crippen LogP contribution is 2.26. The first-order valence-corrected chi connectivity index (χ1v) is 6.42. The minimum atomic E-state index is -0.195. The smallest absolute Gasteiger partial charge is 0.263 e. The van der Waals surface area contributed by atoms with E-state index in [1.54, 1.807) is 12.2 Å². The van der Waals surface area contributed by atoms with E-state index in [1.165, 1.54) is 11.8 Å². The third kappa shape index (κ3) is 3.43. The van der Waals surface area contributed by atoms with Crippen LogP contribution < -0.4 is 5.32 Å². The van der Waals surface area contributed by atoms with Gasteiger partial charge in [-0.2, -0.15) is 0 Å². The maximum Gasteiger partial charge on any atom is 0.263 e. The van der Waals surface area contributed by atoms with Crippen molar-refractivity contribution in [1.29, 1.82) is 0 Å². The highest BCUT2D eigenvalue weighted by Gasteiger charge is 2.21. The maximum atomic E-state index is 11.4. The topological polar surface area (TPSA) is 29.1 Å². The van der Waals surface area contributed by atoms with Crippen LogP contribution in [0, 0.1) is 0 Å². The van der Waals surface area contributed by atoms with Crippen molar-refractivity contribution in [3.8, 4) is 0 Å². The molecule has 86 valence electrons. The molecule has 1 aliphatic heterocycles. The zero-order valence-corrected chi connectivity index (χ0v) is 11.0. The van der Waals surface area contributed by atoms with Crippen LogP contribution in [-0.4, -0.2) is 10.2 Å². The fraction of sp³-hybridized carbons (Fsp3) is 0. The Balaban J connectivity index is 2.19. The average molecular weight is 282 g/mol. The molecule has 0 bridgehead atoms. The molecule has 1 amide bonds. The van der Waals surface area contributed by atoms with E-state index in [-0.39, 0.29) is 5.91 Å². The summed E-state index contributed by atoms with van der Waals surface area (Å²) >= 11 is 12.2. The number of hydrogen-bond donors (Lipinski definition) is 1. The largest absolute Gasteiger partial charge is 0.307 e. The minimum Gasteiger partial charge on any atom is -0.307 e. The minimum absolute atomic E-state index is 0.195. The second kappa shape index (κ2) is 5.49. The standard InChI is InChI=1S/C12H8ClNOS2/c13-9(6-8-4-2-1-3-5-8)7-10-11(15)14-12(16)17-10/h1-7H,(H,14,15,16)/b9-6-,10-7-. The molecular formula is C12H8ClNOS2. The van der Waals surface area contributed by atoms with Crippen LogP contribution in [0.1, 0.15) is 5.56 Å². The number of rotatable bonds is 2. The summed E-state index contributed by atoms with van der Waals surface area (Å²) in [7, 11) is 0. The van der Waals surface area contributed by atoms with Gasteiger partial charge in [-0.05, 0) is 17.7 Å². The van der Waals surface area contributed by atoms with Crippen LogP contribution in [0.2, 0.25) is 0 Å². The molecule has 0 unspecified atom stereocenters. The van der Waals surface area contributed by atoms with Gasteiger partial charge in [0.1, 0.15) is 4.32 Å². The first-order valence-electron chi connectivity index (χ1n) is 4.82. The van der Waals surface area contributed by atoms with Gasteiger partial charge in [0.25, 0.3) is 5.91 Å². The molecule has 1 aliphatic rings. The number of thioether (sulfide) groups is 1. The summed E-state index contributed by atoms with van der Waals surface area (Å²) in [5.41, 5.74) is 0.986. The molecule has 0 aromatic heterocycles. The van der Waals surface area contributed by atoms with Gasteiger partial charge in [0, 0.05) is 5.03 Å². The predicted molar refractivity (Wildman–Crippen MR) is 76.7 cm³/mol. The Morgan fingerprint density at radius 1 is 1.35 bits per heavy atom. The number of hydrogen-bond acceptors (Lipinski definition) is 3. The number of carbonyl (C=O) groups is 1. The zero-order chi connectivity index (χ0) is 12.3. The highest BCUT2D eigenvalue weighted by molar-refractivity contribution is 8.26. The summed E-state index contributed by atoms with van der Waals surface area (Å²) in [5.74, 6) is -0.195. The van der Waals surface area contributed by atoms with Gasteiger partial charge in [0.05, 0.1) is 4.91 Å². The number of halogens is 1. The van der Waals surface area contributed by atoms with Crippen molar-refractivity contribution in [3.63, 3.8) is 0 Å². The first-order chi connectivity index (χ1) is 8.15. The van der Waals surface area contributed by atoms with Gasteiger partial charge in [-0.1, -0.05) is 65.9 Å². The summed E-state index contributed by atoms with van der Waals surface area (Å²) in [4.78, 5) is 11.9. The summed E-state index contributed by atoms with van der Waals surface area (Å²) < 4.78 is 0.463. The van der Waals surface area contributed by atoms with Crippen molar-refractivity contribution in [1.82, 2.24) is 5.32 Å². The maximum absolute atomic E-state index is 11.4. The fourth-order valence-corrected chi connectivity index (χ4v) is 2.63. The average Bonchev–Trinajstić information content (AvgIpc) is 2.58. The quantitative estimate of drug-likeness (QED) is 0.666. The first kappa shape index (κ1) is 12.4. The van der Waals surface area contributed by atoms with Gasteiger partial charge < -0.3 is 5.32 Å². The SMILES string of the molecule is O=C1NC(=S)S/C1=C\C(Cl)=C\c1ccccc1. The molecule has 1 N–H and O–H groups in total. The lowest BCUT2D eigenvalue weighted by Gasteiger charge is -1.94. The van der Waals surface area contributed by atoms with E-state index >= 15 is 0 Å². The molecule has 1 saturated heterocycles. The number of carbonyl (C=O) groups excluding carboxylic acids is 1. The van der Waals surface area contributed by atoms with Gasteiger partial charge in [-0.25, -0.2) is 0 Å². The van der Waals surface area contributed by atoms with Gasteiger partial charge in [0.2, 0.25) is 0 Å². The van der Waals surface area contributed by atoms with E-state index in [0.717, 1.165) is 5.56 Å². The van der Waals surface area contributed by atoms with Crippen LogP contribution in [0.4, 0.5) is 0 Å². The molecule has 2 rings (SSSR count). The molecule has 1 aromatic rings. The summed E-state index contributed by atoms with van der Waals surface area (Å²) in [5, 5.41) is 3.04. The Labute approximate surface area is 114 Å². The van der Waals surface area contributed by atoms with E-state index < -0.39 is 0 Å². The van der Waals surface area contributed by atoms with Crippen LogP contribution in [0.15, 0.2) is 46.3 Å². The molecule has 0 saturated carbocycles. The number of amides is 1. The van der Waals surface area contributed by atoms with Gasteiger partial charge in [0.15, 0.2) is 0 Å². The molecule has 1 aromatic carbocycles. The second-order valence-electron chi connectivity index (χ2n) is 3.29. The molecule has 5 heteroatoms. The number of nitrogens with one attached hydrogen (secondary N) is 1. The molecule has 1 heterocycles. The van der Waals surface area contributed by atoms with Crippen LogP contribution in [0.5, 0.6) is 0 Å². The second-order valence-corrected chi connectivity index (χ2v) is 5.45. The van der Waals surface area contributed by atoms with E-state index in [0.29, 0.717) is 14.3 Å². The molecule has 1 fully saturated rings. The van der Waals surface area contributed by atoms with E-state index in [9.17, 15) is 4.79 Å². The zero-order valence-electron chi connectivity index (χ0n) is 8.64. The normalized spacial score (nSPS) is 18.6. The Morgan fingerprint density at radius 3 is 2.65 bits per heavy atom.